The van der Waals surface area contributed by atoms with E-state index in [0.29, 0.717) is 0 Å². The highest BCUT2D eigenvalue weighted by Gasteiger charge is 1.86. The van der Waals surface area contributed by atoms with Gasteiger partial charge in [0, 0.05) is 11.1 Å². The molecule has 0 atom stereocenters. The van der Waals surface area contributed by atoms with Gasteiger partial charge in [0.2, 0.25) is 0 Å². The van der Waals surface area contributed by atoms with Crippen molar-refractivity contribution >= 4 is 0 Å². The Morgan fingerprint density at radius 3 is 1.59 bits per heavy atom. The van der Waals surface area contributed by atoms with Gasteiger partial charge in [-0.05, 0) is 19.1 Å². The molecule has 17 heavy (non-hydrogen) atoms. The Balaban J connectivity index is 2.21. The largest absolute Gasteiger partial charge is 0.366 e. The number of aryl methyl sites for hydroxylation is 1. The third kappa shape index (κ3) is 3.00. The summed E-state index contributed by atoms with van der Waals surface area (Å²) in [6, 6.07) is 15.6. The first-order valence-corrected chi connectivity index (χ1v) is 5.39. The van der Waals surface area contributed by atoms with E-state index in [-0.39, 0.29) is 0 Å². The zero-order valence-electron chi connectivity index (χ0n) is 9.62. The quantitative estimate of drug-likeness (QED) is 0.467. The van der Waals surface area contributed by atoms with Crippen molar-refractivity contribution in [3.63, 3.8) is 0 Å². The maximum Gasteiger partial charge on any atom is 0.0249 e. The van der Waals surface area contributed by atoms with Gasteiger partial charge in [-0.1, -0.05) is 41.7 Å². The van der Waals surface area contributed by atoms with E-state index in [1.165, 1.54) is 5.56 Å². The SMILES string of the molecule is [C-]#Cc1ccc(C#Cc2ccc(C)cc2)cc1. The minimum Gasteiger partial charge on any atom is -0.366 e. The normalized spacial score (nSPS) is 8.94. The van der Waals surface area contributed by atoms with Crippen molar-refractivity contribution < 1.29 is 0 Å². The lowest BCUT2D eigenvalue weighted by atomic mass is 10.1. The third-order valence-electron chi connectivity index (χ3n) is 2.43. The van der Waals surface area contributed by atoms with Crippen molar-refractivity contribution in [1.82, 2.24) is 0 Å². The molecule has 0 bridgehead atoms. The van der Waals surface area contributed by atoms with E-state index in [1.54, 1.807) is 0 Å². The second-order valence-electron chi connectivity index (χ2n) is 3.82. The fraction of sp³-hybridized carbons (Fsp3) is 0.0588. The minimum absolute atomic E-state index is 0.769. The number of hydrogen-bond acceptors (Lipinski definition) is 0. The van der Waals surface area contributed by atoms with Crippen LogP contribution in [0.2, 0.25) is 0 Å². The van der Waals surface area contributed by atoms with Crippen LogP contribution in [0.1, 0.15) is 22.3 Å². The van der Waals surface area contributed by atoms with Gasteiger partial charge in [-0.15, -0.1) is 17.7 Å². The lowest BCUT2D eigenvalue weighted by Gasteiger charge is -1.98. The van der Waals surface area contributed by atoms with E-state index in [0.717, 1.165) is 16.7 Å². The molecule has 0 saturated carbocycles. The fourth-order valence-electron chi connectivity index (χ4n) is 1.42. The Morgan fingerprint density at radius 1 is 0.706 bits per heavy atom. The Bertz CT molecular complexity index is 596. The maximum atomic E-state index is 6.98. The second-order valence-corrected chi connectivity index (χ2v) is 3.82. The van der Waals surface area contributed by atoms with Crippen LogP contribution in [0.15, 0.2) is 48.5 Å². The zero-order chi connectivity index (χ0) is 12.1. The molecule has 0 aliphatic heterocycles. The highest BCUT2D eigenvalue weighted by atomic mass is 13.9. The Hall–Kier alpha value is -2.44. The second kappa shape index (κ2) is 5.06. The van der Waals surface area contributed by atoms with Crippen molar-refractivity contribution in [3.8, 4) is 17.8 Å². The van der Waals surface area contributed by atoms with Crippen LogP contribution < -0.4 is 0 Å². The van der Waals surface area contributed by atoms with Crippen LogP contribution in [-0.2, 0) is 0 Å². The predicted octanol–water partition coefficient (Wildman–Crippen LogP) is 3.33. The summed E-state index contributed by atoms with van der Waals surface area (Å²) in [5.74, 6) is 8.54. The van der Waals surface area contributed by atoms with Gasteiger partial charge in [0.1, 0.15) is 0 Å². The highest BCUT2D eigenvalue weighted by molar-refractivity contribution is 5.45. The summed E-state index contributed by atoms with van der Waals surface area (Å²) in [5.41, 5.74) is 3.97. The third-order valence-corrected chi connectivity index (χ3v) is 2.43. The van der Waals surface area contributed by atoms with Gasteiger partial charge in [0.05, 0.1) is 0 Å². The summed E-state index contributed by atoms with van der Waals surface area (Å²) in [4.78, 5) is 0. The molecular weight excluding hydrogens is 204 g/mol. The van der Waals surface area contributed by atoms with Crippen molar-refractivity contribution in [3.05, 3.63) is 77.2 Å². The molecule has 80 valence electrons. The van der Waals surface area contributed by atoms with E-state index in [2.05, 4.69) is 36.8 Å². The van der Waals surface area contributed by atoms with Crippen molar-refractivity contribution in [2.45, 2.75) is 6.92 Å². The van der Waals surface area contributed by atoms with Gasteiger partial charge in [-0.2, -0.15) is 0 Å². The van der Waals surface area contributed by atoms with E-state index in [4.69, 9.17) is 6.42 Å². The van der Waals surface area contributed by atoms with Gasteiger partial charge in [0.15, 0.2) is 0 Å². The summed E-state index contributed by atoms with van der Waals surface area (Å²) >= 11 is 0. The van der Waals surface area contributed by atoms with Crippen LogP contribution in [0.4, 0.5) is 0 Å². The standard InChI is InChI=1S/C17H11/c1-3-15-8-10-17(11-9-15)13-12-16-6-4-14(2)5-7-16/h4-11H,2H3/q-1. The van der Waals surface area contributed by atoms with Gasteiger partial charge in [-0.3, -0.25) is 5.92 Å². The molecule has 0 aliphatic rings. The van der Waals surface area contributed by atoms with E-state index < -0.39 is 0 Å². The molecule has 0 nitrogen and oxygen atoms in total. The predicted molar refractivity (Wildman–Crippen MR) is 69.8 cm³/mol. The maximum absolute atomic E-state index is 6.98. The zero-order valence-corrected chi connectivity index (χ0v) is 9.62. The molecule has 0 saturated heterocycles. The molecule has 0 amide bonds. The molecule has 0 radical (unpaired) electrons. The molecule has 0 fully saturated rings. The van der Waals surface area contributed by atoms with Crippen molar-refractivity contribution in [2.24, 2.45) is 0 Å². The van der Waals surface area contributed by atoms with Crippen LogP contribution >= 0.6 is 0 Å². The molecule has 0 heteroatoms. The average Bonchev–Trinajstić information content (AvgIpc) is 2.39. The van der Waals surface area contributed by atoms with Crippen LogP contribution in [0.25, 0.3) is 0 Å². The number of rotatable bonds is 0. The summed E-state index contributed by atoms with van der Waals surface area (Å²) in [5, 5.41) is 0. The van der Waals surface area contributed by atoms with Gasteiger partial charge in [0.25, 0.3) is 0 Å². The van der Waals surface area contributed by atoms with Gasteiger partial charge in [-0.25, -0.2) is 0 Å². The van der Waals surface area contributed by atoms with Crippen LogP contribution in [0.5, 0.6) is 0 Å². The Labute approximate surface area is 102 Å². The molecule has 2 aromatic carbocycles. The first kappa shape index (κ1) is 11.1. The van der Waals surface area contributed by atoms with E-state index >= 15 is 0 Å². The summed E-state index contributed by atoms with van der Waals surface area (Å²) in [6.07, 6.45) is 6.98. The molecule has 0 N–H and O–H groups in total. The van der Waals surface area contributed by atoms with E-state index in [9.17, 15) is 0 Å². The molecule has 2 aromatic rings. The van der Waals surface area contributed by atoms with Gasteiger partial charge >= 0.3 is 0 Å². The van der Waals surface area contributed by atoms with Crippen LogP contribution in [0, 0.1) is 31.1 Å². The van der Waals surface area contributed by atoms with Crippen LogP contribution in [-0.4, -0.2) is 0 Å². The average molecular weight is 215 g/mol. The van der Waals surface area contributed by atoms with Crippen molar-refractivity contribution in [1.29, 1.82) is 0 Å². The molecule has 0 aliphatic carbocycles. The smallest absolute Gasteiger partial charge is 0.0249 e. The summed E-state index contributed by atoms with van der Waals surface area (Å²) in [7, 11) is 0. The molecular formula is C17H11-. The molecule has 2 rings (SSSR count). The Kier molecular flexibility index (Phi) is 3.29. The number of benzene rings is 2. The monoisotopic (exact) mass is 215 g/mol. The van der Waals surface area contributed by atoms with Crippen LogP contribution in [0.3, 0.4) is 0 Å². The van der Waals surface area contributed by atoms with E-state index in [1.807, 2.05) is 36.4 Å². The number of hydrogen-bond donors (Lipinski definition) is 0. The first-order valence-electron chi connectivity index (χ1n) is 5.39. The lowest BCUT2D eigenvalue weighted by molar-refractivity contribution is 1.46. The summed E-state index contributed by atoms with van der Waals surface area (Å²) < 4.78 is 0. The molecule has 0 unspecified atom stereocenters. The highest BCUT2D eigenvalue weighted by Crippen LogP contribution is 2.04. The molecule has 0 spiro atoms. The van der Waals surface area contributed by atoms with Crippen molar-refractivity contribution in [2.75, 3.05) is 0 Å². The first-order chi connectivity index (χ1) is 8.28. The minimum atomic E-state index is 0.769. The topological polar surface area (TPSA) is 0 Å². The molecule has 0 aromatic heterocycles. The molecule has 0 heterocycles. The fourth-order valence-corrected chi connectivity index (χ4v) is 1.42. The summed E-state index contributed by atoms with van der Waals surface area (Å²) in [6.45, 7) is 2.06. The van der Waals surface area contributed by atoms with Gasteiger partial charge < -0.3 is 6.42 Å². The lowest BCUT2D eigenvalue weighted by Crippen LogP contribution is -1.78. The Morgan fingerprint density at radius 2 is 1.12 bits per heavy atom.